The number of aromatic nitrogens is 1. The van der Waals surface area contributed by atoms with Crippen molar-refractivity contribution in [2.45, 2.75) is 32.7 Å². The van der Waals surface area contributed by atoms with Crippen LogP contribution in [0.2, 0.25) is 0 Å². The number of benzene rings is 1. The number of aryl methyl sites for hydroxylation is 1. The van der Waals surface area contributed by atoms with Gasteiger partial charge >= 0.3 is 0 Å². The van der Waals surface area contributed by atoms with Crippen LogP contribution in [0.1, 0.15) is 30.5 Å². The van der Waals surface area contributed by atoms with Crippen molar-refractivity contribution in [3.8, 4) is 0 Å². The quantitative estimate of drug-likeness (QED) is 0.834. The van der Waals surface area contributed by atoms with Crippen molar-refractivity contribution in [3.05, 3.63) is 35.5 Å². The van der Waals surface area contributed by atoms with E-state index in [1.54, 1.807) is 0 Å². The third kappa shape index (κ3) is 2.37. The number of likely N-dealkylation sites (tertiary alicyclic amines) is 1. The van der Waals surface area contributed by atoms with Gasteiger partial charge in [-0.1, -0.05) is 18.6 Å². The fourth-order valence-electron chi connectivity index (χ4n) is 2.74. The summed E-state index contributed by atoms with van der Waals surface area (Å²) in [6.07, 6.45) is 4.13. The Morgan fingerprint density at radius 1 is 1.12 bits per heavy atom. The maximum Gasteiger partial charge on any atom is 0.0459 e. The molecule has 1 aliphatic heterocycles. The minimum atomic E-state index is 1.08. The van der Waals surface area contributed by atoms with Crippen LogP contribution in [0.25, 0.3) is 10.9 Å². The normalized spacial score (nSPS) is 17.7. The van der Waals surface area contributed by atoms with Gasteiger partial charge in [0.15, 0.2) is 0 Å². The summed E-state index contributed by atoms with van der Waals surface area (Å²) >= 11 is 0. The second-order valence-electron chi connectivity index (χ2n) is 5.22. The first kappa shape index (κ1) is 10.8. The maximum atomic E-state index is 3.54. The zero-order chi connectivity index (χ0) is 11.7. The number of hydrogen-bond acceptors (Lipinski definition) is 1. The number of nitrogens with one attached hydrogen (secondary N) is 1. The molecule has 1 aromatic heterocycles. The zero-order valence-electron chi connectivity index (χ0n) is 10.5. The predicted octanol–water partition coefficient (Wildman–Crippen LogP) is 3.46. The highest BCUT2D eigenvalue weighted by Gasteiger charge is 2.11. The van der Waals surface area contributed by atoms with Crippen LogP contribution in [-0.2, 0) is 6.54 Å². The molecule has 2 aromatic rings. The molecule has 1 saturated heterocycles. The lowest BCUT2D eigenvalue weighted by Gasteiger charge is -2.25. The van der Waals surface area contributed by atoms with Crippen LogP contribution in [0.5, 0.6) is 0 Å². The highest BCUT2D eigenvalue weighted by Crippen LogP contribution is 2.19. The van der Waals surface area contributed by atoms with E-state index in [1.165, 1.54) is 54.5 Å². The fourth-order valence-corrected chi connectivity index (χ4v) is 2.74. The molecule has 3 rings (SSSR count). The second-order valence-corrected chi connectivity index (χ2v) is 5.22. The number of hydrogen-bond donors (Lipinski definition) is 1. The van der Waals surface area contributed by atoms with Crippen molar-refractivity contribution in [3.63, 3.8) is 0 Å². The van der Waals surface area contributed by atoms with Gasteiger partial charge < -0.3 is 4.98 Å². The van der Waals surface area contributed by atoms with Crippen LogP contribution in [-0.4, -0.2) is 23.0 Å². The molecule has 17 heavy (non-hydrogen) atoms. The van der Waals surface area contributed by atoms with Gasteiger partial charge in [-0.2, -0.15) is 0 Å². The van der Waals surface area contributed by atoms with E-state index in [0.717, 1.165) is 6.54 Å². The summed E-state index contributed by atoms with van der Waals surface area (Å²) in [5.41, 5.74) is 3.95. The SMILES string of the molecule is Cc1ccc2cc(CN3CCCCC3)[nH]c2c1. The summed E-state index contributed by atoms with van der Waals surface area (Å²) in [4.78, 5) is 6.10. The molecule has 1 N–H and O–H groups in total. The topological polar surface area (TPSA) is 19.0 Å². The third-order valence-corrected chi connectivity index (χ3v) is 3.68. The average molecular weight is 228 g/mol. The number of aromatic amines is 1. The molecule has 1 fully saturated rings. The van der Waals surface area contributed by atoms with E-state index in [4.69, 9.17) is 0 Å². The Hall–Kier alpha value is -1.28. The molecule has 1 aliphatic rings. The second kappa shape index (κ2) is 4.53. The molecule has 0 unspecified atom stereocenters. The summed E-state index contributed by atoms with van der Waals surface area (Å²) in [5, 5.41) is 1.34. The average Bonchev–Trinajstić information content (AvgIpc) is 2.71. The fraction of sp³-hybridized carbons (Fsp3) is 0.467. The molecule has 1 aromatic carbocycles. The van der Waals surface area contributed by atoms with E-state index in [9.17, 15) is 0 Å². The number of rotatable bonds is 2. The van der Waals surface area contributed by atoms with Crippen molar-refractivity contribution < 1.29 is 0 Å². The molecule has 2 heteroatoms. The first-order valence-corrected chi connectivity index (χ1v) is 6.62. The maximum absolute atomic E-state index is 3.54. The van der Waals surface area contributed by atoms with E-state index in [-0.39, 0.29) is 0 Å². The minimum absolute atomic E-state index is 1.08. The summed E-state index contributed by atoms with van der Waals surface area (Å²) in [6, 6.07) is 8.92. The summed E-state index contributed by atoms with van der Waals surface area (Å²) in [7, 11) is 0. The van der Waals surface area contributed by atoms with E-state index < -0.39 is 0 Å². The summed E-state index contributed by atoms with van der Waals surface area (Å²) < 4.78 is 0. The first-order chi connectivity index (χ1) is 8.31. The van der Waals surface area contributed by atoms with Crippen LogP contribution in [0, 0.1) is 6.92 Å². The minimum Gasteiger partial charge on any atom is -0.357 e. The number of piperidine rings is 1. The molecule has 90 valence electrons. The monoisotopic (exact) mass is 228 g/mol. The molecular weight excluding hydrogens is 208 g/mol. The van der Waals surface area contributed by atoms with Crippen LogP contribution < -0.4 is 0 Å². The molecule has 0 aliphatic carbocycles. The van der Waals surface area contributed by atoms with Gasteiger partial charge in [-0.3, -0.25) is 4.90 Å². The van der Waals surface area contributed by atoms with Crippen molar-refractivity contribution in [1.29, 1.82) is 0 Å². The zero-order valence-corrected chi connectivity index (χ0v) is 10.5. The lowest BCUT2D eigenvalue weighted by molar-refractivity contribution is 0.219. The third-order valence-electron chi connectivity index (χ3n) is 3.68. The summed E-state index contributed by atoms with van der Waals surface area (Å²) in [6.45, 7) is 5.74. The van der Waals surface area contributed by atoms with Gasteiger partial charge in [-0.25, -0.2) is 0 Å². The lowest BCUT2D eigenvalue weighted by atomic mass is 10.1. The van der Waals surface area contributed by atoms with E-state index >= 15 is 0 Å². The summed E-state index contributed by atoms with van der Waals surface area (Å²) in [5.74, 6) is 0. The van der Waals surface area contributed by atoms with E-state index in [0.29, 0.717) is 0 Å². The lowest BCUT2D eigenvalue weighted by Crippen LogP contribution is -2.29. The van der Waals surface area contributed by atoms with Crippen molar-refractivity contribution in [1.82, 2.24) is 9.88 Å². The Balaban J connectivity index is 1.80. The molecule has 2 heterocycles. The standard InChI is InChI=1S/C15H20N2/c1-12-5-6-13-10-14(16-15(13)9-12)11-17-7-3-2-4-8-17/h5-6,9-10,16H,2-4,7-8,11H2,1H3. The largest absolute Gasteiger partial charge is 0.357 e. The van der Waals surface area contributed by atoms with Gasteiger partial charge in [0.05, 0.1) is 0 Å². The van der Waals surface area contributed by atoms with Crippen LogP contribution in [0.15, 0.2) is 24.3 Å². The van der Waals surface area contributed by atoms with Crippen molar-refractivity contribution in [2.24, 2.45) is 0 Å². The predicted molar refractivity (Wildman–Crippen MR) is 72.2 cm³/mol. The van der Waals surface area contributed by atoms with Crippen LogP contribution in [0.3, 0.4) is 0 Å². The molecular formula is C15H20N2. The number of fused-ring (bicyclic) bond motifs is 1. The Labute approximate surface area is 103 Å². The van der Waals surface area contributed by atoms with Gasteiger partial charge in [0.2, 0.25) is 0 Å². The molecule has 0 amide bonds. The van der Waals surface area contributed by atoms with Gasteiger partial charge in [0.25, 0.3) is 0 Å². The Morgan fingerprint density at radius 3 is 2.76 bits per heavy atom. The molecule has 0 spiro atoms. The smallest absolute Gasteiger partial charge is 0.0459 e. The van der Waals surface area contributed by atoms with E-state index in [2.05, 4.69) is 41.1 Å². The first-order valence-electron chi connectivity index (χ1n) is 6.62. The van der Waals surface area contributed by atoms with Crippen molar-refractivity contribution in [2.75, 3.05) is 13.1 Å². The molecule has 2 nitrogen and oxygen atoms in total. The van der Waals surface area contributed by atoms with Gasteiger partial charge in [0, 0.05) is 17.8 Å². The Bertz CT molecular complexity index is 507. The molecule has 0 atom stereocenters. The Kier molecular flexibility index (Phi) is 2.89. The molecule has 0 radical (unpaired) electrons. The van der Waals surface area contributed by atoms with Crippen molar-refractivity contribution >= 4 is 10.9 Å². The molecule has 0 bridgehead atoms. The Morgan fingerprint density at radius 2 is 1.94 bits per heavy atom. The van der Waals surface area contributed by atoms with Crippen LogP contribution in [0.4, 0.5) is 0 Å². The van der Waals surface area contributed by atoms with Gasteiger partial charge in [-0.05, 0) is 55.9 Å². The number of nitrogens with zero attached hydrogens (tertiary/aromatic N) is 1. The van der Waals surface area contributed by atoms with Gasteiger partial charge in [-0.15, -0.1) is 0 Å². The molecule has 0 saturated carbocycles. The number of H-pyrrole nitrogens is 1. The highest BCUT2D eigenvalue weighted by atomic mass is 15.1. The van der Waals surface area contributed by atoms with E-state index in [1.807, 2.05) is 0 Å². The highest BCUT2D eigenvalue weighted by molar-refractivity contribution is 5.81. The van der Waals surface area contributed by atoms with Gasteiger partial charge in [0.1, 0.15) is 0 Å². The van der Waals surface area contributed by atoms with Crippen LogP contribution >= 0.6 is 0 Å².